The van der Waals surface area contributed by atoms with E-state index in [2.05, 4.69) is 27.7 Å². The summed E-state index contributed by atoms with van der Waals surface area (Å²) in [6.07, 6.45) is 11.3. The number of esters is 1. The molecular weight excluding hydrogens is 428 g/mol. The topological polar surface area (TPSA) is 76.7 Å². The highest BCUT2D eigenvalue weighted by Gasteiger charge is 2.67. The molecule has 5 heteroatoms. The molecule has 4 saturated carbocycles. The van der Waals surface area contributed by atoms with Crippen molar-refractivity contribution in [2.45, 2.75) is 110 Å². The fourth-order valence-electron chi connectivity index (χ4n) is 8.96. The van der Waals surface area contributed by atoms with Crippen LogP contribution in [-0.2, 0) is 9.53 Å². The van der Waals surface area contributed by atoms with Crippen LogP contribution in [-0.4, -0.2) is 22.8 Å². The van der Waals surface area contributed by atoms with Crippen molar-refractivity contribution in [1.29, 1.82) is 0 Å². The second-order valence-corrected chi connectivity index (χ2v) is 12.8. The number of aliphatic hydroxyl groups is 1. The van der Waals surface area contributed by atoms with Gasteiger partial charge in [0, 0.05) is 17.9 Å². The van der Waals surface area contributed by atoms with Crippen LogP contribution in [0.15, 0.2) is 27.6 Å². The lowest BCUT2D eigenvalue weighted by atomic mass is 9.43. The summed E-state index contributed by atoms with van der Waals surface area (Å²) in [5.74, 6) is 1.90. The Balaban J connectivity index is 1.34. The van der Waals surface area contributed by atoms with Gasteiger partial charge in [-0.25, -0.2) is 4.79 Å². The van der Waals surface area contributed by atoms with Gasteiger partial charge in [-0.3, -0.25) is 4.79 Å². The molecule has 1 N–H and O–H groups in total. The highest BCUT2D eigenvalue weighted by Crippen LogP contribution is 2.70. The van der Waals surface area contributed by atoms with Gasteiger partial charge in [0.25, 0.3) is 0 Å². The van der Waals surface area contributed by atoms with Gasteiger partial charge in [0.2, 0.25) is 0 Å². The molecule has 1 heterocycles. The molecule has 0 aliphatic heterocycles. The molecule has 4 aliphatic rings. The van der Waals surface area contributed by atoms with E-state index in [0.717, 1.165) is 63.4 Å². The van der Waals surface area contributed by atoms with E-state index >= 15 is 0 Å². The maximum absolute atomic E-state index is 12.3. The maximum atomic E-state index is 12.3. The Morgan fingerprint density at radius 2 is 1.88 bits per heavy atom. The molecule has 1 aromatic heterocycles. The van der Waals surface area contributed by atoms with Crippen molar-refractivity contribution in [3.8, 4) is 0 Å². The van der Waals surface area contributed by atoms with E-state index < -0.39 is 5.60 Å². The third-order valence-electron chi connectivity index (χ3n) is 10.8. The Kier molecular flexibility index (Phi) is 6.02. The molecule has 8 atom stereocenters. The number of ether oxygens (including phenoxy) is 1. The largest absolute Gasteiger partial charge is 0.462 e. The normalized spacial score (nSPS) is 43.6. The first-order chi connectivity index (χ1) is 16.1. The standard InChI is InChI=1S/C29H42O5/c1-18(2)15-26(31)34-21-9-12-27(3)20(16-21)6-7-24-23(27)10-13-28(4)22(11-14-29(24,28)32)19-5-8-25(30)33-17-19/h5,8,17-18,20-24,32H,6-7,9-16H2,1-4H3. The van der Waals surface area contributed by atoms with Crippen molar-refractivity contribution in [1.82, 2.24) is 0 Å². The van der Waals surface area contributed by atoms with Crippen LogP contribution in [0.3, 0.4) is 0 Å². The summed E-state index contributed by atoms with van der Waals surface area (Å²) in [6.45, 7) is 8.86. The molecule has 0 saturated heterocycles. The summed E-state index contributed by atoms with van der Waals surface area (Å²) in [4.78, 5) is 23.8. The molecule has 1 aromatic rings. The van der Waals surface area contributed by atoms with Gasteiger partial charge in [-0.05, 0) is 104 Å². The smallest absolute Gasteiger partial charge is 0.335 e. The van der Waals surface area contributed by atoms with E-state index in [4.69, 9.17) is 9.15 Å². The van der Waals surface area contributed by atoms with Crippen LogP contribution in [0.5, 0.6) is 0 Å². The Hall–Kier alpha value is -1.62. The minimum absolute atomic E-state index is 0.0474. The molecular formula is C29H42O5. The predicted octanol–water partition coefficient (Wildman–Crippen LogP) is 5.84. The van der Waals surface area contributed by atoms with E-state index in [0.29, 0.717) is 30.1 Å². The fourth-order valence-corrected chi connectivity index (χ4v) is 8.96. The second kappa shape index (κ2) is 8.50. The number of carbonyl (C=O) groups is 1. The van der Waals surface area contributed by atoms with Crippen molar-refractivity contribution in [3.63, 3.8) is 0 Å². The van der Waals surface area contributed by atoms with Crippen LogP contribution >= 0.6 is 0 Å². The number of rotatable bonds is 4. The van der Waals surface area contributed by atoms with Crippen molar-refractivity contribution >= 4 is 5.97 Å². The first-order valence-electron chi connectivity index (χ1n) is 13.6. The first kappa shape index (κ1) is 24.1. The van der Waals surface area contributed by atoms with Crippen LogP contribution in [0.1, 0.15) is 103 Å². The Bertz CT molecular complexity index is 962. The molecule has 8 unspecified atom stereocenters. The SMILES string of the molecule is CC(C)CC(=O)OC1CCC2(C)C(CCC3C2CCC2(C)C(c4ccc(=O)oc4)CCC32O)C1. The first-order valence-corrected chi connectivity index (χ1v) is 13.6. The predicted molar refractivity (Wildman–Crippen MR) is 130 cm³/mol. The van der Waals surface area contributed by atoms with Gasteiger partial charge in [0.15, 0.2) is 0 Å². The van der Waals surface area contributed by atoms with Crippen molar-refractivity contribution < 1.29 is 19.1 Å². The Morgan fingerprint density at radius 1 is 1.09 bits per heavy atom. The van der Waals surface area contributed by atoms with Gasteiger partial charge >= 0.3 is 11.6 Å². The number of hydrogen-bond acceptors (Lipinski definition) is 5. The summed E-state index contributed by atoms with van der Waals surface area (Å²) < 4.78 is 11.1. The lowest BCUT2D eigenvalue weighted by Crippen LogP contribution is -2.62. The van der Waals surface area contributed by atoms with Gasteiger partial charge in [-0.2, -0.15) is 0 Å². The monoisotopic (exact) mass is 470 g/mol. The molecule has 0 aromatic carbocycles. The van der Waals surface area contributed by atoms with E-state index in [1.54, 1.807) is 6.26 Å². The summed E-state index contributed by atoms with van der Waals surface area (Å²) in [6, 6.07) is 3.42. The molecule has 0 bridgehead atoms. The maximum Gasteiger partial charge on any atom is 0.335 e. The molecule has 4 fully saturated rings. The molecule has 188 valence electrons. The van der Waals surface area contributed by atoms with E-state index in [1.165, 1.54) is 6.07 Å². The zero-order chi connectivity index (χ0) is 24.3. The van der Waals surface area contributed by atoms with Crippen LogP contribution in [0.4, 0.5) is 0 Å². The summed E-state index contributed by atoms with van der Waals surface area (Å²) >= 11 is 0. The van der Waals surface area contributed by atoms with E-state index in [1.807, 2.05) is 6.07 Å². The lowest BCUT2D eigenvalue weighted by molar-refractivity contribution is -0.207. The Labute approximate surface area is 203 Å². The Morgan fingerprint density at radius 3 is 2.59 bits per heavy atom. The van der Waals surface area contributed by atoms with Crippen molar-refractivity contribution in [2.24, 2.45) is 34.5 Å². The van der Waals surface area contributed by atoms with Crippen LogP contribution in [0, 0.1) is 34.5 Å². The minimum atomic E-state index is -0.675. The molecule has 34 heavy (non-hydrogen) atoms. The van der Waals surface area contributed by atoms with Gasteiger partial charge in [0.05, 0.1) is 11.9 Å². The molecule has 4 aliphatic carbocycles. The van der Waals surface area contributed by atoms with Crippen molar-refractivity contribution in [2.75, 3.05) is 0 Å². The lowest BCUT2D eigenvalue weighted by Gasteiger charge is -2.63. The second-order valence-electron chi connectivity index (χ2n) is 12.8. The van der Waals surface area contributed by atoms with E-state index in [9.17, 15) is 14.7 Å². The van der Waals surface area contributed by atoms with Crippen LogP contribution in [0.25, 0.3) is 0 Å². The van der Waals surface area contributed by atoms with Crippen LogP contribution in [0.2, 0.25) is 0 Å². The van der Waals surface area contributed by atoms with Gasteiger partial charge < -0.3 is 14.3 Å². The quantitative estimate of drug-likeness (QED) is 0.560. The highest BCUT2D eigenvalue weighted by molar-refractivity contribution is 5.69. The molecule has 5 nitrogen and oxygen atoms in total. The fraction of sp³-hybridized carbons (Fsp3) is 0.793. The molecule has 5 rings (SSSR count). The van der Waals surface area contributed by atoms with Crippen molar-refractivity contribution in [3.05, 3.63) is 34.4 Å². The molecule has 0 amide bonds. The zero-order valence-electron chi connectivity index (χ0n) is 21.3. The molecule has 0 radical (unpaired) electrons. The minimum Gasteiger partial charge on any atom is -0.462 e. The highest BCUT2D eigenvalue weighted by atomic mass is 16.5. The average Bonchev–Trinajstić information content (AvgIpc) is 3.05. The van der Waals surface area contributed by atoms with E-state index in [-0.39, 0.29) is 34.4 Å². The average molecular weight is 471 g/mol. The number of hydrogen-bond donors (Lipinski definition) is 1. The van der Waals surface area contributed by atoms with Gasteiger partial charge in [0.1, 0.15) is 6.10 Å². The summed E-state index contributed by atoms with van der Waals surface area (Å²) in [5.41, 5.74) is 0.0766. The van der Waals surface area contributed by atoms with Gasteiger partial charge in [-0.15, -0.1) is 0 Å². The summed E-state index contributed by atoms with van der Waals surface area (Å²) in [5, 5.41) is 12.3. The molecule has 0 spiro atoms. The number of carbonyl (C=O) groups excluding carboxylic acids is 1. The zero-order valence-corrected chi connectivity index (χ0v) is 21.3. The third-order valence-corrected chi connectivity index (χ3v) is 10.8. The van der Waals surface area contributed by atoms with Crippen LogP contribution < -0.4 is 5.63 Å². The number of fused-ring (bicyclic) bond motifs is 5. The summed E-state index contributed by atoms with van der Waals surface area (Å²) in [7, 11) is 0. The third kappa shape index (κ3) is 3.68. The van der Waals surface area contributed by atoms with Gasteiger partial charge in [-0.1, -0.05) is 27.7 Å².